The first-order valence-corrected chi connectivity index (χ1v) is 7.99. The van der Waals surface area contributed by atoms with Gasteiger partial charge in [-0.2, -0.15) is 4.31 Å². The lowest BCUT2D eigenvalue weighted by atomic mass is 10.1. The largest absolute Gasteiger partial charge is 0.493 e. The van der Waals surface area contributed by atoms with Crippen molar-refractivity contribution in [2.45, 2.75) is 11.3 Å². The van der Waals surface area contributed by atoms with Crippen LogP contribution in [-0.2, 0) is 10.0 Å². The second-order valence-corrected chi connectivity index (χ2v) is 6.80. The Labute approximate surface area is 135 Å². The van der Waals surface area contributed by atoms with Gasteiger partial charge in [-0.05, 0) is 18.9 Å². The molecule has 2 rings (SSSR count). The Hall–Kier alpha value is -1.09. The fourth-order valence-corrected chi connectivity index (χ4v) is 3.97. The smallest absolute Gasteiger partial charge is 0.246 e. The first-order chi connectivity index (χ1) is 9.93. The molecule has 1 aliphatic heterocycles. The average molecular weight is 355 g/mol. The summed E-state index contributed by atoms with van der Waals surface area (Å²) in [5.41, 5.74) is 5.56. The van der Waals surface area contributed by atoms with E-state index in [1.165, 1.54) is 18.5 Å². The predicted octanol–water partition coefficient (Wildman–Crippen LogP) is 1.23. The number of sulfonamides is 1. The van der Waals surface area contributed by atoms with Crippen molar-refractivity contribution in [1.29, 1.82) is 0 Å². The molecule has 6 nitrogen and oxygen atoms in total. The average Bonchev–Trinajstić information content (AvgIpc) is 2.96. The molecule has 1 heterocycles. The second-order valence-electron chi connectivity index (χ2n) is 4.89. The molecule has 9 heteroatoms. The van der Waals surface area contributed by atoms with Crippen LogP contribution in [0.2, 0.25) is 0 Å². The molecule has 126 valence electrons. The van der Waals surface area contributed by atoms with Gasteiger partial charge < -0.3 is 15.2 Å². The first-order valence-electron chi connectivity index (χ1n) is 6.55. The maximum absolute atomic E-state index is 14.1. The van der Waals surface area contributed by atoms with E-state index in [4.69, 9.17) is 15.2 Å². The van der Waals surface area contributed by atoms with Gasteiger partial charge in [0.15, 0.2) is 11.5 Å². The molecule has 2 N–H and O–H groups in total. The van der Waals surface area contributed by atoms with E-state index >= 15 is 0 Å². The minimum atomic E-state index is -3.90. The molecule has 0 bridgehead atoms. The van der Waals surface area contributed by atoms with Gasteiger partial charge in [0, 0.05) is 25.2 Å². The molecule has 0 amide bonds. The van der Waals surface area contributed by atoms with E-state index in [0.29, 0.717) is 26.1 Å². The lowest BCUT2D eigenvalue weighted by Gasteiger charge is -2.18. The van der Waals surface area contributed by atoms with Gasteiger partial charge in [0.2, 0.25) is 10.0 Å². The summed E-state index contributed by atoms with van der Waals surface area (Å²) in [7, 11) is -1.18. The van der Waals surface area contributed by atoms with Gasteiger partial charge in [-0.25, -0.2) is 12.8 Å². The number of hydrogen-bond acceptors (Lipinski definition) is 5. The van der Waals surface area contributed by atoms with Crippen LogP contribution in [0, 0.1) is 11.7 Å². The first kappa shape index (κ1) is 19.0. The van der Waals surface area contributed by atoms with Gasteiger partial charge in [0.25, 0.3) is 0 Å². The van der Waals surface area contributed by atoms with Crippen LogP contribution in [0.3, 0.4) is 0 Å². The Balaban J connectivity index is 0.00000242. The Kier molecular flexibility index (Phi) is 6.42. The molecule has 0 aromatic heterocycles. The summed E-state index contributed by atoms with van der Waals surface area (Å²) in [5, 5.41) is 0. The molecule has 1 aromatic carbocycles. The standard InChI is InChI=1S/C13H19FN2O4S.ClH/c1-19-11-5-10(14)13(6-12(11)20-2)21(17,18)16-4-3-9(7-15)8-16;/h5-6,9H,3-4,7-8,15H2,1-2H3;1H. The number of ether oxygens (including phenoxy) is 2. The molecule has 1 aromatic rings. The molecule has 0 aliphatic carbocycles. The van der Waals surface area contributed by atoms with Gasteiger partial charge in [-0.15, -0.1) is 12.4 Å². The maximum atomic E-state index is 14.1. The molecule has 1 unspecified atom stereocenters. The molecule has 0 spiro atoms. The predicted molar refractivity (Wildman–Crippen MR) is 82.7 cm³/mol. The third kappa shape index (κ3) is 3.45. The Morgan fingerprint density at radius 3 is 2.41 bits per heavy atom. The summed E-state index contributed by atoms with van der Waals surface area (Å²) in [4.78, 5) is -0.405. The number of hydrogen-bond donors (Lipinski definition) is 1. The summed E-state index contributed by atoms with van der Waals surface area (Å²) < 4.78 is 50.4. The van der Waals surface area contributed by atoms with Crippen LogP contribution in [0.25, 0.3) is 0 Å². The number of halogens is 2. The van der Waals surface area contributed by atoms with Gasteiger partial charge in [0.1, 0.15) is 10.7 Å². The normalized spacial score (nSPS) is 18.8. The van der Waals surface area contributed by atoms with Crippen molar-refractivity contribution in [3.63, 3.8) is 0 Å². The number of rotatable bonds is 5. The zero-order chi connectivity index (χ0) is 15.6. The van der Waals surface area contributed by atoms with Crippen LogP contribution >= 0.6 is 12.4 Å². The van der Waals surface area contributed by atoms with Crippen molar-refractivity contribution in [2.24, 2.45) is 11.7 Å². The monoisotopic (exact) mass is 354 g/mol. The van der Waals surface area contributed by atoms with Crippen molar-refractivity contribution in [3.05, 3.63) is 17.9 Å². The van der Waals surface area contributed by atoms with Crippen molar-refractivity contribution in [2.75, 3.05) is 33.9 Å². The molecule has 0 saturated carbocycles. The number of methoxy groups -OCH3 is 2. The van der Waals surface area contributed by atoms with E-state index in [1.807, 2.05) is 0 Å². The Morgan fingerprint density at radius 1 is 1.32 bits per heavy atom. The van der Waals surface area contributed by atoms with Crippen molar-refractivity contribution in [1.82, 2.24) is 4.31 Å². The summed E-state index contributed by atoms with van der Waals surface area (Å²) in [6.45, 7) is 1.07. The van der Waals surface area contributed by atoms with Crippen LogP contribution in [0.15, 0.2) is 17.0 Å². The fraction of sp³-hybridized carbons (Fsp3) is 0.538. The van der Waals surface area contributed by atoms with Crippen LogP contribution in [0.4, 0.5) is 4.39 Å². The minimum Gasteiger partial charge on any atom is -0.493 e. The highest BCUT2D eigenvalue weighted by atomic mass is 35.5. The molecule has 1 atom stereocenters. The SMILES string of the molecule is COc1cc(F)c(S(=O)(=O)N2CCC(CN)C2)cc1OC.Cl. The highest BCUT2D eigenvalue weighted by Gasteiger charge is 2.34. The molecule has 1 saturated heterocycles. The zero-order valence-electron chi connectivity index (χ0n) is 12.4. The molecular weight excluding hydrogens is 335 g/mol. The van der Waals surface area contributed by atoms with Gasteiger partial charge in [-0.1, -0.05) is 0 Å². The van der Waals surface area contributed by atoms with Crippen LogP contribution in [0.1, 0.15) is 6.42 Å². The summed E-state index contributed by atoms with van der Waals surface area (Å²) >= 11 is 0. The molecule has 0 radical (unpaired) electrons. The lowest BCUT2D eigenvalue weighted by molar-refractivity contribution is 0.349. The van der Waals surface area contributed by atoms with Gasteiger partial charge in [-0.3, -0.25) is 0 Å². The Morgan fingerprint density at radius 2 is 1.91 bits per heavy atom. The number of nitrogens with zero attached hydrogens (tertiary/aromatic N) is 1. The topological polar surface area (TPSA) is 81.9 Å². The highest BCUT2D eigenvalue weighted by molar-refractivity contribution is 7.89. The van der Waals surface area contributed by atoms with Crippen molar-refractivity contribution < 1.29 is 22.3 Å². The Bertz CT molecular complexity index is 627. The summed E-state index contributed by atoms with van der Waals surface area (Å²) in [6.07, 6.45) is 0.685. The quantitative estimate of drug-likeness (QED) is 0.860. The van der Waals surface area contributed by atoms with Crippen LogP contribution < -0.4 is 15.2 Å². The zero-order valence-corrected chi connectivity index (χ0v) is 14.0. The van der Waals surface area contributed by atoms with E-state index in [1.54, 1.807) is 0 Å². The molecule has 22 heavy (non-hydrogen) atoms. The highest BCUT2D eigenvalue weighted by Crippen LogP contribution is 2.34. The second kappa shape index (κ2) is 7.45. The van der Waals surface area contributed by atoms with E-state index in [2.05, 4.69) is 0 Å². The van der Waals surface area contributed by atoms with Crippen LogP contribution in [0.5, 0.6) is 11.5 Å². The minimum absolute atomic E-state index is 0. The number of benzene rings is 1. The van der Waals surface area contributed by atoms with Gasteiger partial charge in [0.05, 0.1) is 14.2 Å². The van der Waals surface area contributed by atoms with Crippen molar-refractivity contribution in [3.8, 4) is 11.5 Å². The van der Waals surface area contributed by atoms with Crippen LogP contribution in [-0.4, -0.2) is 46.6 Å². The van der Waals surface area contributed by atoms with E-state index < -0.39 is 20.7 Å². The van der Waals surface area contributed by atoms with E-state index in [0.717, 1.165) is 12.1 Å². The van der Waals surface area contributed by atoms with Crippen molar-refractivity contribution >= 4 is 22.4 Å². The number of nitrogens with two attached hydrogens (primary N) is 1. The molecular formula is C13H20ClFN2O4S. The summed E-state index contributed by atoms with van der Waals surface area (Å²) in [5.74, 6) is -0.422. The third-order valence-electron chi connectivity index (χ3n) is 3.64. The molecule has 1 fully saturated rings. The van der Waals surface area contributed by atoms with Gasteiger partial charge >= 0.3 is 0 Å². The third-order valence-corrected chi connectivity index (χ3v) is 5.52. The van der Waals surface area contributed by atoms with E-state index in [-0.39, 0.29) is 29.8 Å². The fourth-order valence-electron chi connectivity index (χ4n) is 2.38. The maximum Gasteiger partial charge on any atom is 0.246 e. The molecule has 1 aliphatic rings. The van der Waals surface area contributed by atoms with E-state index in [9.17, 15) is 12.8 Å². The summed E-state index contributed by atoms with van der Waals surface area (Å²) in [6, 6.07) is 2.17. The lowest BCUT2D eigenvalue weighted by Crippen LogP contribution is -2.30.